The van der Waals surface area contributed by atoms with Crippen molar-refractivity contribution in [3.05, 3.63) is 23.8 Å². The van der Waals surface area contributed by atoms with E-state index in [1.165, 1.54) is 6.42 Å². The Hall–Kier alpha value is -1.75. The van der Waals surface area contributed by atoms with Crippen LogP contribution in [-0.2, 0) is 0 Å². The third kappa shape index (κ3) is 2.83. The summed E-state index contributed by atoms with van der Waals surface area (Å²) < 4.78 is 0. The first-order valence-electron chi connectivity index (χ1n) is 7.87. The minimum atomic E-state index is -0.0244. The van der Waals surface area contributed by atoms with E-state index in [9.17, 15) is 4.79 Å². The first-order chi connectivity index (χ1) is 10.2. The third-order valence-corrected chi connectivity index (χ3v) is 4.48. The standard InChI is InChI=1S/C16H24N4O/c1-11-5-3-6-12(2)20(11)19-16(21)13-7-4-8-14-15(13)18-10-9-17-14/h4,7-8,11-12,17-18H,3,5-6,9-10H2,1-2H3,(H,19,21). The molecule has 5 nitrogen and oxygen atoms in total. The van der Waals surface area contributed by atoms with E-state index >= 15 is 0 Å². The number of carbonyl (C=O) groups is 1. The van der Waals surface area contributed by atoms with Gasteiger partial charge in [0.2, 0.25) is 0 Å². The van der Waals surface area contributed by atoms with Gasteiger partial charge in [-0.1, -0.05) is 12.5 Å². The number of hydrazine groups is 1. The molecule has 21 heavy (non-hydrogen) atoms. The lowest BCUT2D eigenvalue weighted by atomic mass is 10.00. The lowest BCUT2D eigenvalue weighted by Gasteiger charge is -2.39. The molecule has 1 saturated heterocycles. The molecular formula is C16H24N4O. The average Bonchev–Trinajstić information content (AvgIpc) is 2.50. The molecule has 2 heterocycles. The fourth-order valence-electron chi connectivity index (χ4n) is 3.28. The van der Waals surface area contributed by atoms with E-state index in [-0.39, 0.29) is 5.91 Å². The van der Waals surface area contributed by atoms with Gasteiger partial charge in [-0.2, -0.15) is 0 Å². The SMILES string of the molecule is CC1CCCC(C)N1NC(=O)c1cccc2c1NCCN2. The van der Waals surface area contributed by atoms with Crippen molar-refractivity contribution in [2.45, 2.75) is 45.2 Å². The highest BCUT2D eigenvalue weighted by Gasteiger charge is 2.27. The summed E-state index contributed by atoms with van der Waals surface area (Å²) in [5, 5.41) is 8.77. The minimum absolute atomic E-state index is 0.0244. The van der Waals surface area contributed by atoms with Gasteiger partial charge in [0.15, 0.2) is 0 Å². The summed E-state index contributed by atoms with van der Waals surface area (Å²) in [6.07, 6.45) is 3.51. The van der Waals surface area contributed by atoms with Gasteiger partial charge in [-0.25, -0.2) is 5.01 Å². The molecule has 0 saturated carbocycles. The first-order valence-corrected chi connectivity index (χ1v) is 7.87. The van der Waals surface area contributed by atoms with Crippen LogP contribution in [0.4, 0.5) is 11.4 Å². The smallest absolute Gasteiger partial charge is 0.267 e. The number of para-hydroxylation sites is 1. The van der Waals surface area contributed by atoms with Gasteiger partial charge in [0, 0.05) is 25.2 Å². The largest absolute Gasteiger partial charge is 0.382 e. The van der Waals surface area contributed by atoms with Gasteiger partial charge in [0.25, 0.3) is 5.91 Å². The molecule has 2 unspecified atom stereocenters. The molecule has 2 aliphatic heterocycles. The lowest BCUT2D eigenvalue weighted by molar-refractivity contribution is 0.0370. The predicted molar refractivity (Wildman–Crippen MR) is 85.5 cm³/mol. The third-order valence-electron chi connectivity index (χ3n) is 4.48. The van der Waals surface area contributed by atoms with E-state index in [1.807, 2.05) is 18.2 Å². The molecule has 1 aromatic rings. The maximum Gasteiger partial charge on any atom is 0.267 e. The van der Waals surface area contributed by atoms with Crippen molar-refractivity contribution in [2.75, 3.05) is 23.7 Å². The Labute approximate surface area is 126 Å². The summed E-state index contributed by atoms with van der Waals surface area (Å²) in [6.45, 7) is 6.08. The molecule has 0 bridgehead atoms. The van der Waals surface area contributed by atoms with E-state index in [2.05, 4.69) is 34.9 Å². The summed E-state index contributed by atoms with van der Waals surface area (Å²) in [6, 6.07) is 6.60. The molecule has 114 valence electrons. The summed E-state index contributed by atoms with van der Waals surface area (Å²) >= 11 is 0. The molecule has 0 aromatic heterocycles. The first kappa shape index (κ1) is 14.2. The summed E-state index contributed by atoms with van der Waals surface area (Å²) in [4.78, 5) is 12.7. The van der Waals surface area contributed by atoms with E-state index in [0.29, 0.717) is 17.6 Å². The van der Waals surface area contributed by atoms with Crippen LogP contribution in [0.1, 0.15) is 43.5 Å². The fourth-order valence-corrected chi connectivity index (χ4v) is 3.28. The molecule has 3 N–H and O–H groups in total. The van der Waals surface area contributed by atoms with Gasteiger partial charge in [-0.15, -0.1) is 0 Å². The number of amides is 1. The van der Waals surface area contributed by atoms with Crippen molar-refractivity contribution in [1.82, 2.24) is 10.4 Å². The highest BCUT2D eigenvalue weighted by Crippen LogP contribution is 2.29. The Morgan fingerprint density at radius 2 is 1.90 bits per heavy atom. The van der Waals surface area contributed by atoms with Crippen LogP contribution >= 0.6 is 0 Å². The van der Waals surface area contributed by atoms with Crippen LogP contribution in [0.25, 0.3) is 0 Å². The number of benzene rings is 1. The zero-order chi connectivity index (χ0) is 14.8. The van der Waals surface area contributed by atoms with Crippen LogP contribution in [0.5, 0.6) is 0 Å². The Balaban J connectivity index is 1.79. The molecule has 1 amide bonds. The number of carbonyl (C=O) groups excluding carboxylic acids is 1. The minimum Gasteiger partial charge on any atom is -0.382 e. The maximum atomic E-state index is 12.7. The fraction of sp³-hybridized carbons (Fsp3) is 0.562. The molecule has 2 aliphatic rings. The van der Waals surface area contributed by atoms with E-state index < -0.39 is 0 Å². The van der Waals surface area contributed by atoms with E-state index in [1.54, 1.807) is 0 Å². The highest BCUT2D eigenvalue weighted by atomic mass is 16.2. The van der Waals surface area contributed by atoms with Crippen molar-refractivity contribution in [1.29, 1.82) is 0 Å². The number of rotatable bonds is 2. The van der Waals surface area contributed by atoms with Gasteiger partial charge in [0.05, 0.1) is 16.9 Å². The second kappa shape index (κ2) is 5.93. The monoisotopic (exact) mass is 288 g/mol. The number of hydrogen-bond acceptors (Lipinski definition) is 4. The van der Waals surface area contributed by atoms with Crippen molar-refractivity contribution < 1.29 is 4.79 Å². The van der Waals surface area contributed by atoms with Gasteiger partial charge in [-0.3, -0.25) is 10.2 Å². The molecule has 1 fully saturated rings. The zero-order valence-corrected chi connectivity index (χ0v) is 12.8. The van der Waals surface area contributed by atoms with Gasteiger partial charge in [-0.05, 0) is 38.8 Å². The van der Waals surface area contributed by atoms with Crippen LogP contribution in [0.2, 0.25) is 0 Å². The van der Waals surface area contributed by atoms with Crippen LogP contribution in [0, 0.1) is 0 Å². The van der Waals surface area contributed by atoms with Crippen molar-refractivity contribution in [2.24, 2.45) is 0 Å². The van der Waals surface area contributed by atoms with Crippen molar-refractivity contribution >= 4 is 17.3 Å². The number of anilines is 2. The van der Waals surface area contributed by atoms with Crippen LogP contribution in [0.15, 0.2) is 18.2 Å². The number of nitrogens with one attached hydrogen (secondary N) is 3. The molecule has 0 radical (unpaired) electrons. The second-order valence-corrected chi connectivity index (χ2v) is 6.06. The van der Waals surface area contributed by atoms with E-state index in [4.69, 9.17) is 0 Å². The normalized spacial score (nSPS) is 25.4. The topological polar surface area (TPSA) is 56.4 Å². The molecule has 3 rings (SSSR count). The summed E-state index contributed by atoms with van der Waals surface area (Å²) in [5.41, 5.74) is 5.75. The number of piperidine rings is 1. The second-order valence-electron chi connectivity index (χ2n) is 6.06. The van der Waals surface area contributed by atoms with Gasteiger partial charge < -0.3 is 10.6 Å². The van der Waals surface area contributed by atoms with E-state index in [0.717, 1.165) is 37.3 Å². The average molecular weight is 288 g/mol. The number of nitrogens with zero attached hydrogens (tertiary/aromatic N) is 1. The quantitative estimate of drug-likeness (QED) is 0.782. The predicted octanol–water partition coefficient (Wildman–Crippen LogP) is 2.43. The summed E-state index contributed by atoms with van der Waals surface area (Å²) in [5.74, 6) is -0.0244. The Bertz CT molecular complexity index is 521. The van der Waals surface area contributed by atoms with Gasteiger partial charge in [0.1, 0.15) is 0 Å². The lowest BCUT2D eigenvalue weighted by Crippen LogP contribution is -2.54. The summed E-state index contributed by atoms with van der Waals surface area (Å²) in [7, 11) is 0. The molecule has 1 aromatic carbocycles. The maximum absolute atomic E-state index is 12.7. The number of hydrogen-bond donors (Lipinski definition) is 3. The Morgan fingerprint density at radius 1 is 1.19 bits per heavy atom. The van der Waals surface area contributed by atoms with Gasteiger partial charge >= 0.3 is 0 Å². The molecular weight excluding hydrogens is 264 g/mol. The molecule has 0 spiro atoms. The van der Waals surface area contributed by atoms with Crippen LogP contribution in [0.3, 0.4) is 0 Å². The highest BCUT2D eigenvalue weighted by molar-refractivity contribution is 6.02. The Morgan fingerprint density at radius 3 is 2.67 bits per heavy atom. The van der Waals surface area contributed by atoms with Crippen molar-refractivity contribution in [3.8, 4) is 0 Å². The van der Waals surface area contributed by atoms with Crippen LogP contribution < -0.4 is 16.1 Å². The number of fused-ring (bicyclic) bond motifs is 1. The van der Waals surface area contributed by atoms with Crippen LogP contribution in [-0.4, -0.2) is 36.1 Å². The molecule has 0 aliphatic carbocycles. The molecule has 2 atom stereocenters. The van der Waals surface area contributed by atoms with Crippen molar-refractivity contribution in [3.63, 3.8) is 0 Å². The molecule has 5 heteroatoms. The zero-order valence-electron chi connectivity index (χ0n) is 12.8. The Kier molecular flexibility index (Phi) is 4.01.